The van der Waals surface area contributed by atoms with Crippen molar-refractivity contribution in [1.29, 1.82) is 0 Å². The van der Waals surface area contributed by atoms with Crippen molar-refractivity contribution in [2.75, 3.05) is 31.2 Å². The first-order valence-corrected chi connectivity index (χ1v) is 12.4. The molecule has 33 heavy (non-hydrogen) atoms. The molecule has 6 nitrogen and oxygen atoms in total. The average Bonchev–Trinajstić information content (AvgIpc) is 2.83. The normalized spacial score (nSPS) is 11.8. The van der Waals surface area contributed by atoms with Gasteiger partial charge in [-0.1, -0.05) is 63.6 Å². The molecule has 2 rings (SSSR count). The van der Waals surface area contributed by atoms with Crippen molar-refractivity contribution in [3.05, 3.63) is 54.2 Å². The highest BCUT2D eigenvalue weighted by molar-refractivity contribution is 5.72. The highest BCUT2D eigenvalue weighted by atomic mass is 16.5. The van der Waals surface area contributed by atoms with Crippen LogP contribution in [0.5, 0.6) is 5.75 Å². The maximum absolute atomic E-state index is 11.3. The second kappa shape index (κ2) is 16.1. The van der Waals surface area contributed by atoms with Gasteiger partial charge in [0.1, 0.15) is 18.2 Å². The van der Waals surface area contributed by atoms with Crippen LogP contribution >= 0.6 is 0 Å². The van der Waals surface area contributed by atoms with Gasteiger partial charge in [0.05, 0.1) is 6.54 Å². The minimum absolute atomic E-state index is 0.343. The SMILES string of the molecule is CCCCCCCCCN(CCOc1ccc(CC(OCC)C(=O)O)cc1)c1ccccn1. The van der Waals surface area contributed by atoms with Gasteiger partial charge in [0, 0.05) is 25.8 Å². The number of rotatable bonds is 18. The molecular formula is C27H40N2O4. The van der Waals surface area contributed by atoms with Crippen molar-refractivity contribution in [3.8, 4) is 5.75 Å². The molecule has 1 heterocycles. The molecule has 1 unspecified atom stereocenters. The zero-order chi connectivity index (χ0) is 23.7. The molecule has 0 aliphatic rings. The van der Waals surface area contributed by atoms with E-state index in [4.69, 9.17) is 9.47 Å². The molecule has 0 amide bonds. The van der Waals surface area contributed by atoms with Crippen LogP contribution in [0.4, 0.5) is 5.82 Å². The highest BCUT2D eigenvalue weighted by Crippen LogP contribution is 2.16. The predicted octanol–water partition coefficient (Wildman–Crippen LogP) is 5.75. The van der Waals surface area contributed by atoms with Gasteiger partial charge in [-0.2, -0.15) is 0 Å². The summed E-state index contributed by atoms with van der Waals surface area (Å²) < 4.78 is 11.3. The number of nitrogens with zero attached hydrogens (tertiary/aromatic N) is 2. The molecule has 0 saturated carbocycles. The summed E-state index contributed by atoms with van der Waals surface area (Å²) in [6.45, 7) is 6.72. The van der Waals surface area contributed by atoms with E-state index in [1.54, 1.807) is 6.92 Å². The van der Waals surface area contributed by atoms with Crippen molar-refractivity contribution in [2.24, 2.45) is 0 Å². The molecule has 1 aromatic heterocycles. The smallest absolute Gasteiger partial charge is 0.333 e. The molecule has 0 radical (unpaired) electrons. The number of carboxylic acid groups (broad SMARTS) is 1. The Hall–Kier alpha value is -2.60. The van der Waals surface area contributed by atoms with Crippen LogP contribution in [0.15, 0.2) is 48.7 Å². The zero-order valence-corrected chi connectivity index (χ0v) is 20.2. The topological polar surface area (TPSA) is 71.9 Å². The molecule has 0 bridgehead atoms. The molecule has 0 aliphatic carbocycles. The number of ether oxygens (including phenoxy) is 2. The van der Waals surface area contributed by atoms with Crippen LogP contribution < -0.4 is 9.64 Å². The number of benzene rings is 1. The standard InChI is InChI=1S/C27H40N2O4/c1-3-5-6-7-8-9-12-19-29(26-13-10-11-18-28-26)20-21-33-24-16-14-23(15-17-24)22-25(27(30)31)32-4-2/h10-11,13-18,25H,3-9,12,19-22H2,1-2H3,(H,30,31). The maximum Gasteiger partial charge on any atom is 0.333 e. The largest absolute Gasteiger partial charge is 0.492 e. The molecule has 0 fully saturated rings. The lowest BCUT2D eigenvalue weighted by molar-refractivity contribution is -0.149. The first-order valence-electron chi connectivity index (χ1n) is 12.4. The van der Waals surface area contributed by atoms with E-state index in [1.165, 1.54) is 38.5 Å². The Morgan fingerprint density at radius 2 is 1.70 bits per heavy atom. The van der Waals surface area contributed by atoms with Crippen LogP contribution in [0, 0.1) is 0 Å². The summed E-state index contributed by atoms with van der Waals surface area (Å²) in [5.74, 6) is 0.824. The number of hydrogen-bond donors (Lipinski definition) is 1. The maximum atomic E-state index is 11.3. The second-order valence-corrected chi connectivity index (χ2v) is 8.28. The molecule has 6 heteroatoms. The van der Waals surface area contributed by atoms with Gasteiger partial charge in [-0.15, -0.1) is 0 Å². The molecule has 182 valence electrons. The van der Waals surface area contributed by atoms with Gasteiger partial charge in [-0.05, 0) is 43.2 Å². The van der Waals surface area contributed by atoms with Crippen LogP contribution in [0.3, 0.4) is 0 Å². The number of carbonyl (C=O) groups is 1. The van der Waals surface area contributed by atoms with Crippen LogP contribution in [-0.4, -0.2) is 48.5 Å². The van der Waals surface area contributed by atoms with Gasteiger partial charge in [-0.3, -0.25) is 0 Å². The minimum Gasteiger partial charge on any atom is -0.492 e. The van der Waals surface area contributed by atoms with Gasteiger partial charge >= 0.3 is 5.97 Å². The molecule has 2 aromatic rings. The van der Waals surface area contributed by atoms with E-state index >= 15 is 0 Å². The summed E-state index contributed by atoms with van der Waals surface area (Å²) in [7, 11) is 0. The Balaban J connectivity index is 1.80. The van der Waals surface area contributed by atoms with Crippen molar-refractivity contribution in [2.45, 2.75) is 71.3 Å². The van der Waals surface area contributed by atoms with Crippen molar-refractivity contribution in [3.63, 3.8) is 0 Å². The van der Waals surface area contributed by atoms with E-state index in [2.05, 4.69) is 16.8 Å². The number of carboxylic acids is 1. The third-order valence-corrected chi connectivity index (χ3v) is 5.62. The third kappa shape index (κ3) is 10.7. The lowest BCUT2D eigenvalue weighted by atomic mass is 10.1. The summed E-state index contributed by atoms with van der Waals surface area (Å²) in [6.07, 6.45) is 10.3. The number of hydrogen-bond acceptors (Lipinski definition) is 5. The lowest BCUT2D eigenvalue weighted by Crippen LogP contribution is -2.30. The van der Waals surface area contributed by atoms with E-state index in [1.807, 2.05) is 48.7 Å². The van der Waals surface area contributed by atoms with Gasteiger partial charge in [0.2, 0.25) is 0 Å². The highest BCUT2D eigenvalue weighted by Gasteiger charge is 2.17. The van der Waals surface area contributed by atoms with Gasteiger partial charge in [0.25, 0.3) is 0 Å². The molecule has 0 spiro atoms. The summed E-state index contributed by atoms with van der Waals surface area (Å²) in [5.41, 5.74) is 0.914. The average molecular weight is 457 g/mol. The Kier molecular flexibility index (Phi) is 13.0. The molecule has 1 N–H and O–H groups in total. The Labute approximate surface area is 198 Å². The monoisotopic (exact) mass is 456 g/mol. The fraction of sp³-hybridized carbons (Fsp3) is 0.556. The van der Waals surface area contributed by atoms with Crippen molar-refractivity contribution in [1.82, 2.24) is 4.98 Å². The molecule has 1 atom stereocenters. The van der Waals surface area contributed by atoms with Crippen LogP contribution in [-0.2, 0) is 16.0 Å². The summed E-state index contributed by atoms with van der Waals surface area (Å²) in [4.78, 5) is 18.1. The Bertz CT molecular complexity index is 767. The van der Waals surface area contributed by atoms with Gasteiger partial charge in [-0.25, -0.2) is 9.78 Å². The lowest BCUT2D eigenvalue weighted by Gasteiger charge is -2.24. The quantitative estimate of drug-likeness (QED) is 0.288. The number of aliphatic carboxylic acids is 1. The van der Waals surface area contributed by atoms with Gasteiger partial charge < -0.3 is 19.5 Å². The Morgan fingerprint density at radius 1 is 0.970 bits per heavy atom. The second-order valence-electron chi connectivity index (χ2n) is 8.28. The van der Waals surface area contributed by atoms with Crippen molar-refractivity contribution >= 4 is 11.8 Å². The molecule has 0 saturated heterocycles. The number of pyridine rings is 1. The number of aromatic nitrogens is 1. The number of anilines is 1. The summed E-state index contributed by atoms with van der Waals surface area (Å²) >= 11 is 0. The molecular weight excluding hydrogens is 416 g/mol. The predicted molar refractivity (Wildman–Crippen MR) is 133 cm³/mol. The van der Waals surface area contributed by atoms with Crippen LogP contribution in [0.1, 0.15) is 64.4 Å². The fourth-order valence-electron chi connectivity index (χ4n) is 3.77. The van der Waals surface area contributed by atoms with E-state index in [9.17, 15) is 9.90 Å². The van der Waals surface area contributed by atoms with E-state index < -0.39 is 12.1 Å². The minimum atomic E-state index is -0.937. The summed E-state index contributed by atoms with van der Waals surface area (Å²) in [5, 5.41) is 9.25. The van der Waals surface area contributed by atoms with Crippen LogP contribution in [0.2, 0.25) is 0 Å². The van der Waals surface area contributed by atoms with E-state index in [0.717, 1.165) is 36.6 Å². The van der Waals surface area contributed by atoms with Crippen molar-refractivity contribution < 1.29 is 19.4 Å². The Morgan fingerprint density at radius 3 is 2.33 bits per heavy atom. The number of unbranched alkanes of at least 4 members (excludes halogenated alkanes) is 6. The van der Waals surface area contributed by atoms with Gasteiger partial charge in [0.15, 0.2) is 6.10 Å². The first-order chi connectivity index (χ1) is 16.1. The fourth-order valence-corrected chi connectivity index (χ4v) is 3.77. The van der Waals surface area contributed by atoms with Crippen LogP contribution in [0.25, 0.3) is 0 Å². The first kappa shape index (κ1) is 26.7. The van der Waals surface area contributed by atoms with E-state index in [0.29, 0.717) is 19.6 Å². The summed E-state index contributed by atoms with van der Waals surface area (Å²) in [6, 6.07) is 13.6. The van der Waals surface area contributed by atoms with E-state index in [-0.39, 0.29) is 0 Å². The molecule has 1 aromatic carbocycles. The molecule has 0 aliphatic heterocycles. The zero-order valence-electron chi connectivity index (χ0n) is 20.2. The third-order valence-electron chi connectivity index (χ3n) is 5.62.